The number of carbonyl (C=O) groups is 2. The number of anilines is 1. The van der Waals surface area contributed by atoms with Gasteiger partial charge in [0.05, 0.1) is 49.3 Å². The number of thiazole rings is 1. The Balaban J connectivity index is 1.56. The van der Waals surface area contributed by atoms with E-state index in [2.05, 4.69) is 4.99 Å². The summed E-state index contributed by atoms with van der Waals surface area (Å²) in [5.74, 6) is -0.226. The van der Waals surface area contributed by atoms with Crippen LogP contribution in [0.1, 0.15) is 29.7 Å². The summed E-state index contributed by atoms with van der Waals surface area (Å²) in [4.78, 5) is 47.9. The van der Waals surface area contributed by atoms with Crippen LogP contribution in [0, 0.1) is 0 Å². The number of benzene rings is 3. The first-order chi connectivity index (χ1) is 19.8. The number of halogens is 1. The first-order valence-electron chi connectivity index (χ1n) is 12.8. The second-order valence-electron chi connectivity index (χ2n) is 9.58. The van der Waals surface area contributed by atoms with Gasteiger partial charge in [0.15, 0.2) is 4.80 Å². The maximum absolute atomic E-state index is 14.2. The zero-order valence-corrected chi connectivity index (χ0v) is 24.0. The molecule has 0 N–H and O–H groups in total. The Morgan fingerprint density at radius 2 is 1.71 bits per heavy atom. The van der Waals surface area contributed by atoms with Crippen LogP contribution in [0.4, 0.5) is 5.69 Å². The van der Waals surface area contributed by atoms with Crippen molar-refractivity contribution in [3.8, 4) is 5.75 Å². The van der Waals surface area contributed by atoms with Gasteiger partial charge in [-0.2, -0.15) is 0 Å². The molecule has 0 fully saturated rings. The highest BCUT2D eigenvalue weighted by Gasteiger charge is 2.37. The van der Waals surface area contributed by atoms with Crippen molar-refractivity contribution in [1.29, 1.82) is 0 Å². The number of amides is 1. The minimum absolute atomic E-state index is 0.254. The van der Waals surface area contributed by atoms with E-state index < -0.39 is 17.6 Å². The number of nitrogens with zero attached hydrogens (tertiary/aromatic N) is 3. The third-order valence-electron chi connectivity index (χ3n) is 7.24. The van der Waals surface area contributed by atoms with Crippen LogP contribution in [0.3, 0.4) is 0 Å². The van der Waals surface area contributed by atoms with Crippen LogP contribution in [-0.4, -0.2) is 30.7 Å². The van der Waals surface area contributed by atoms with E-state index in [1.807, 2.05) is 36.4 Å². The van der Waals surface area contributed by atoms with Crippen molar-refractivity contribution >= 4 is 46.1 Å². The van der Waals surface area contributed by atoms with Gasteiger partial charge in [0.2, 0.25) is 0 Å². The maximum atomic E-state index is 14.2. The van der Waals surface area contributed by atoms with Crippen molar-refractivity contribution in [3.63, 3.8) is 0 Å². The van der Waals surface area contributed by atoms with Gasteiger partial charge in [0.25, 0.3) is 11.5 Å². The topological polar surface area (TPSA) is 90.2 Å². The van der Waals surface area contributed by atoms with Crippen LogP contribution < -0.4 is 24.5 Å². The molecule has 2 aliphatic heterocycles. The molecule has 3 heterocycles. The molecule has 6 rings (SSSR count). The molecule has 0 spiro atoms. The molecule has 0 radical (unpaired) electrons. The molecule has 1 aromatic heterocycles. The third-order valence-corrected chi connectivity index (χ3v) is 8.54. The number of ether oxygens (including phenoxy) is 2. The smallest absolute Gasteiger partial charge is 0.338 e. The van der Waals surface area contributed by atoms with Crippen molar-refractivity contribution in [2.45, 2.75) is 19.5 Å². The second-order valence-corrected chi connectivity index (χ2v) is 11.0. The summed E-state index contributed by atoms with van der Waals surface area (Å²) in [6.07, 6.45) is 0. The molecule has 0 aliphatic carbocycles. The van der Waals surface area contributed by atoms with Gasteiger partial charge in [0.1, 0.15) is 10.3 Å². The summed E-state index contributed by atoms with van der Waals surface area (Å²) >= 11 is 7.20. The number of hydrogen-bond donors (Lipinski definition) is 0. The minimum atomic E-state index is -0.795. The fourth-order valence-corrected chi connectivity index (χ4v) is 6.54. The van der Waals surface area contributed by atoms with Crippen LogP contribution in [0.15, 0.2) is 93.9 Å². The Kier molecular flexibility index (Phi) is 6.84. The van der Waals surface area contributed by atoms with Gasteiger partial charge in [0, 0.05) is 10.6 Å². The van der Waals surface area contributed by atoms with Crippen molar-refractivity contribution in [3.05, 3.63) is 125 Å². The van der Waals surface area contributed by atoms with Crippen LogP contribution in [0.2, 0.25) is 5.02 Å². The molecule has 0 saturated carbocycles. The number of para-hydroxylation sites is 1. The van der Waals surface area contributed by atoms with Crippen molar-refractivity contribution in [1.82, 2.24) is 4.57 Å². The van der Waals surface area contributed by atoms with Crippen molar-refractivity contribution < 1.29 is 19.1 Å². The number of aromatic nitrogens is 1. The first-order valence-corrected chi connectivity index (χ1v) is 13.9. The molecule has 8 nitrogen and oxygen atoms in total. The monoisotopic (exact) mass is 585 g/mol. The number of methoxy groups -OCH3 is 2. The summed E-state index contributed by atoms with van der Waals surface area (Å²) in [6, 6.07) is 21.1. The van der Waals surface area contributed by atoms with Gasteiger partial charge >= 0.3 is 5.97 Å². The Labute approximate surface area is 244 Å². The van der Waals surface area contributed by atoms with E-state index >= 15 is 0 Å². The minimum Gasteiger partial charge on any atom is -0.497 e. The average molecular weight is 586 g/mol. The summed E-state index contributed by atoms with van der Waals surface area (Å²) in [5, 5.41) is 0.608. The third kappa shape index (κ3) is 4.47. The van der Waals surface area contributed by atoms with Crippen LogP contribution in [0.25, 0.3) is 5.57 Å². The highest BCUT2D eigenvalue weighted by molar-refractivity contribution is 7.07. The second kappa shape index (κ2) is 10.5. The molecule has 1 amide bonds. The van der Waals surface area contributed by atoms with Gasteiger partial charge in [-0.1, -0.05) is 65.4 Å². The summed E-state index contributed by atoms with van der Waals surface area (Å²) < 4.78 is 12.1. The van der Waals surface area contributed by atoms with E-state index in [1.165, 1.54) is 11.7 Å². The lowest BCUT2D eigenvalue weighted by Crippen LogP contribution is -2.40. The molecule has 206 valence electrons. The predicted octanol–water partition coefficient (Wildman–Crippen LogP) is 3.99. The predicted molar refractivity (Wildman–Crippen MR) is 157 cm³/mol. The highest BCUT2D eigenvalue weighted by atomic mass is 35.5. The number of hydrogen-bond acceptors (Lipinski definition) is 7. The van der Waals surface area contributed by atoms with Gasteiger partial charge in [-0.3, -0.25) is 14.2 Å². The molecule has 4 aromatic rings. The SMILES string of the molecule is COC(=O)C1=C(C)N=c2s/c(=C3\C(=O)N(Cc4ccc(Cl)cc4)c4ccccc43)c(=O)n2C1c1ccc(OC)cc1. The Morgan fingerprint density at radius 3 is 2.39 bits per heavy atom. The van der Waals surface area contributed by atoms with E-state index in [0.717, 1.165) is 16.9 Å². The highest BCUT2D eigenvalue weighted by Crippen LogP contribution is 2.37. The van der Waals surface area contributed by atoms with Gasteiger partial charge in [-0.05, 0) is 48.4 Å². The fourth-order valence-electron chi connectivity index (χ4n) is 5.27. The molecular formula is C31H24ClN3O5S. The molecule has 41 heavy (non-hydrogen) atoms. The average Bonchev–Trinajstić information content (AvgIpc) is 3.45. The summed E-state index contributed by atoms with van der Waals surface area (Å²) in [7, 11) is 2.86. The molecule has 0 saturated heterocycles. The molecule has 2 aliphatic rings. The molecule has 3 aromatic carbocycles. The van der Waals surface area contributed by atoms with Crippen LogP contribution in [-0.2, 0) is 20.9 Å². The number of esters is 1. The largest absolute Gasteiger partial charge is 0.497 e. The molecule has 1 unspecified atom stereocenters. The van der Waals surface area contributed by atoms with Crippen molar-refractivity contribution in [2.24, 2.45) is 4.99 Å². The zero-order valence-electron chi connectivity index (χ0n) is 22.4. The number of allylic oxidation sites excluding steroid dienone is 1. The lowest BCUT2D eigenvalue weighted by molar-refractivity contribution is -0.136. The quantitative estimate of drug-likeness (QED) is 0.331. The van der Waals surface area contributed by atoms with Gasteiger partial charge in [-0.25, -0.2) is 9.79 Å². The van der Waals surface area contributed by atoms with Crippen LogP contribution >= 0.6 is 22.9 Å². The Hall–Kier alpha value is -4.47. The van der Waals surface area contributed by atoms with E-state index in [9.17, 15) is 14.4 Å². The number of fused-ring (bicyclic) bond motifs is 2. The van der Waals surface area contributed by atoms with E-state index in [-0.39, 0.29) is 16.0 Å². The van der Waals surface area contributed by atoms with Crippen LogP contribution in [0.5, 0.6) is 5.75 Å². The Bertz CT molecular complexity index is 1920. The normalized spacial score (nSPS) is 17.2. The van der Waals surface area contributed by atoms with E-state index in [1.54, 1.807) is 55.3 Å². The number of rotatable bonds is 5. The lowest BCUT2D eigenvalue weighted by atomic mass is 9.96. The molecule has 1 atom stereocenters. The lowest BCUT2D eigenvalue weighted by Gasteiger charge is -2.24. The Morgan fingerprint density at radius 1 is 1.00 bits per heavy atom. The van der Waals surface area contributed by atoms with Crippen molar-refractivity contribution in [2.75, 3.05) is 19.1 Å². The fraction of sp³-hybridized carbons (Fsp3) is 0.161. The summed E-state index contributed by atoms with van der Waals surface area (Å²) in [6.45, 7) is 2.03. The molecular weight excluding hydrogens is 562 g/mol. The first kappa shape index (κ1) is 26.7. The molecule has 0 bridgehead atoms. The zero-order chi connectivity index (χ0) is 28.8. The van der Waals surface area contributed by atoms with Gasteiger partial charge < -0.3 is 14.4 Å². The molecule has 10 heteroatoms. The van der Waals surface area contributed by atoms with E-state index in [0.29, 0.717) is 50.2 Å². The summed E-state index contributed by atoms with van der Waals surface area (Å²) in [5.41, 5.74) is 3.57. The standard InChI is InChI=1S/C31H24ClN3O5S/c1-17-24(30(38)40-3)26(19-10-14-21(39-2)15-11-19)35-29(37)27(41-31(35)33-17)25-22-6-4-5-7-23(22)34(28(25)36)16-18-8-12-20(32)13-9-18/h4-15,26H,16H2,1-3H3/b27-25-. The van der Waals surface area contributed by atoms with Gasteiger partial charge in [-0.15, -0.1) is 0 Å². The maximum Gasteiger partial charge on any atom is 0.338 e. The van der Waals surface area contributed by atoms with E-state index in [4.69, 9.17) is 21.1 Å². The number of carbonyl (C=O) groups excluding carboxylic acids is 2.